The average molecular weight is 405 g/mol. The van der Waals surface area contributed by atoms with E-state index in [4.69, 9.17) is 14.2 Å². The SMILES string of the molecule is CC[NH+](CC(=O)NC[C@H]1CCCO1)Cc1nc2cc(OC)c(OC)cc2c(=O)[nH]1. The number of methoxy groups -OCH3 is 2. The molecule has 1 unspecified atom stereocenters. The van der Waals surface area contributed by atoms with Crippen LogP contribution in [0.2, 0.25) is 0 Å². The lowest BCUT2D eigenvalue weighted by Crippen LogP contribution is -3.11. The number of fused-ring (bicyclic) bond motifs is 1. The second-order valence-corrected chi connectivity index (χ2v) is 7.13. The van der Waals surface area contributed by atoms with E-state index in [9.17, 15) is 9.59 Å². The van der Waals surface area contributed by atoms with Crippen LogP contribution in [-0.2, 0) is 16.1 Å². The summed E-state index contributed by atoms with van der Waals surface area (Å²) in [6.45, 7) is 4.77. The van der Waals surface area contributed by atoms with E-state index in [1.54, 1.807) is 12.1 Å². The molecule has 0 aliphatic carbocycles. The first-order valence-corrected chi connectivity index (χ1v) is 9.90. The number of rotatable bonds is 9. The van der Waals surface area contributed by atoms with Gasteiger partial charge in [-0.05, 0) is 25.8 Å². The molecule has 1 aromatic carbocycles. The van der Waals surface area contributed by atoms with E-state index in [1.165, 1.54) is 14.2 Å². The van der Waals surface area contributed by atoms with E-state index in [1.807, 2.05) is 6.92 Å². The molecule has 29 heavy (non-hydrogen) atoms. The maximum Gasteiger partial charge on any atom is 0.275 e. The van der Waals surface area contributed by atoms with Crippen LogP contribution in [0.4, 0.5) is 0 Å². The van der Waals surface area contributed by atoms with Gasteiger partial charge in [0.1, 0.15) is 6.54 Å². The van der Waals surface area contributed by atoms with E-state index in [0.29, 0.717) is 47.9 Å². The number of aromatic amines is 1. The molecule has 9 heteroatoms. The Labute approximate surface area is 169 Å². The maximum absolute atomic E-state index is 12.5. The van der Waals surface area contributed by atoms with Crippen LogP contribution in [0.3, 0.4) is 0 Å². The minimum Gasteiger partial charge on any atom is -0.493 e. The van der Waals surface area contributed by atoms with Gasteiger partial charge in [0.2, 0.25) is 0 Å². The number of quaternary nitrogens is 1. The number of aromatic nitrogens is 2. The third-order valence-corrected chi connectivity index (χ3v) is 5.14. The Morgan fingerprint density at radius 3 is 2.76 bits per heavy atom. The lowest BCUT2D eigenvalue weighted by atomic mass is 10.2. The van der Waals surface area contributed by atoms with Crippen LogP contribution in [0, 0.1) is 0 Å². The summed E-state index contributed by atoms with van der Waals surface area (Å²) in [5, 5.41) is 3.37. The molecule has 1 aliphatic heterocycles. The molecule has 2 atom stereocenters. The van der Waals surface area contributed by atoms with Gasteiger partial charge in [-0.2, -0.15) is 0 Å². The number of carbonyl (C=O) groups is 1. The molecule has 1 aliphatic rings. The minimum absolute atomic E-state index is 0.0353. The highest BCUT2D eigenvalue weighted by Crippen LogP contribution is 2.29. The van der Waals surface area contributed by atoms with Crippen molar-refractivity contribution in [1.29, 1.82) is 0 Å². The summed E-state index contributed by atoms with van der Waals surface area (Å²) in [4.78, 5) is 33.2. The Balaban J connectivity index is 1.69. The van der Waals surface area contributed by atoms with Crippen LogP contribution >= 0.6 is 0 Å². The summed E-state index contributed by atoms with van der Waals surface area (Å²) in [6.07, 6.45) is 2.15. The van der Waals surface area contributed by atoms with Crippen molar-refractivity contribution >= 4 is 16.8 Å². The number of nitrogens with zero attached hydrogens (tertiary/aromatic N) is 1. The van der Waals surface area contributed by atoms with Crippen LogP contribution in [-0.4, -0.2) is 62.4 Å². The highest BCUT2D eigenvalue weighted by atomic mass is 16.5. The summed E-state index contributed by atoms with van der Waals surface area (Å²) in [7, 11) is 3.06. The average Bonchev–Trinajstić information content (AvgIpc) is 3.24. The van der Waals surface area contributed by atoms with Gasteiger partial charge in [-0.3, -0.25) is 9.59 Å². The number of nitrogens with one attached hydrogen (secondary N) is 3. The lowest BCUT2D eigenvalue weighted by Gasteiger charge is -2.18. The van der Waals surface area contributed by atoms with Gasteiger partial charge in [0.15, 0.2) is 23.9 Å². The smallest absolute Gasteiger partial charge is 0.275 e. The molecule has 0 bridgehead atoms. The third-order valence-electron chi connectivity index (χ3n) is 5.14. The van der Waals surface area contributed by atoms with Crippen molar-refractivity contribution in [3.63, 3.8) is 0 Å². The standard InChI is InChI=1S/C20H28N4O5/c1-4-24(12-19(25)21-10-13-6-5-7-29-13)11-18-22-15-9-17(28-3)16(27-2)8-14(15)20(26)23-18/h8-9,13H,4-7,10-12H2,1-3H3,(H,21,25)(H,22,23,26)/p+1/t13-/m1/s1. The van der Waals surface area contributed by atoms with E-state index < -0.39 is 0 Å². The fourth-order valence-corrected chi connectivity index (χ4v) is 3.47. The number of likely N-dealkylation sites (N-methyl/N-ethyl adjacent to an activating group) is 1. The van der Waals surface area contributed by atoms with Crippen molar-refractivity contribution in [3.05, 3.63) is 28.3 Å². The van der Waals surface area contributed by atoms with Gasteiger partial charge in [-0.25, -0.2) is 4.98 Å². The summed E-state index contributed by atoms with van der Waals surface area (Å²) < 4.78 is 16.1. The summed E-state index contributed by atoms with van der Waals surface area (Å²) in [6, 6.07) is 3.31. The van der Waals surface area contributed by atoms with Crippen molar-refractivity contribution in [2.75, 3.05) is 40.5 Å². The Morgan fingerprint density at radius 1 is 1.34 bits per heavy atom. The molecular formula is C20H29N4O5+. The zero-order valence-corrected chi connectivity index (χ0v) is 17.2. The molecule has 3 rings (SSSR count). The second-order valence-electron chi connectivity index (χ2n) is 7.13. The molecule has 1 aromatic heterocycles. The van der Waals surface area contributed by atoms with Gasteiger partial charge < -0.3 is 29.4 Å². The van der Waals surface area contributed by atoms with E-state index in [-0.39, 0.29) is 17.6 Å². The third kappa shape index (κ3) is 5.24. The van der Waals surface area contributed by atoms with Crippen molar-refractivity contribution in [2.24, 2.45) is 0 Å². The highest BCUT2D eigenvalue weighted by molar-refractivity contribution is 5.81. The molecule has 0 saturated carbocycles. The molecule has 0 radical (unpaired) electrons. The molecule has 3 N–H and O–H groups in total. The van der Waals surface area contributed by atoms with Crippen molar-refractivity contribution in [2.45, 2.75) is 32.4 Å². The molecule has 9 nitrogen and oxygen atoms in total. The predicted octanol–water partition coefficient (Wildman–Crippen LogP) is -0.360. The topological polar surface area (TPSA) is 107 Å². The quantitative estimate of drug-likeness (QED) is 0.526. The Kier molecular flexibility index (Phi) is 7.05. The molecule has 1 amide bonds. The number of carbonyl (C=O) groups excluding carboxylic acids is 1. The predicted molar refractivity (Wildman–Crippen MR) is 108 cm³/mol. The molecule has 158 valence electrons. The second kappa shape index (κ2) is 9.71. The fourth-order valence-electron chi connectivity index (χ4n) is 3.47. The van der Waals surface area contributed by atoms with Crippen molar-refractivity contribution in [1.82, 2.24) is 15.3 Å². The Hall–Kier alpha value is -2.65. The molecule has 2 aromatic rings. The summed E-state index contributed by atoms with van der Waals surface area (Å²) in [5.74, 6) is 1.48. The summed E-state index contributed by atoms with van der Waals surface area (Å²) in [5.41, 5.74) is 0.281. The molecule has 1 saturated heterocycles. The van der Waals surface area contributed by atoms with Crippen molar-refractivity contribution < 1.29 is 23.9 Å². The lowest BCUT2D eigenvalue weighted by molar-refractivity contribution is -0.904. The zero-order chi connectivity index (χ0) is 20.8. The number of hydrogen-bond acceptors (Lipinski definition) is 6. The molecule has 2 heterocycles. The minimum atomic E-state index is -0.246. The number of ether oxygens (including phenoxy) is 3. The number of benzene rings is 1. The fraction of sp³-hybridized carbons (Fsp3) is 0.550. The number of H-pyrrole nitrogens is 1. The first kappa shape index (κ1) is 21.1. The highest BCUT2D eigenvalue weighted by Gasteiger charge is 2.19. The van der Waals surface area contributed by atoms with Crippen LogP contribution < -0.4 is 25.2 Å². The first-order chi connectivity index (χ1) is 14.0. The molecule has 0 spiro atoms. The molecular weight excluding hydrogens is 376 g/mol. The van der Waals surface area contributed by atoms with Crippen LogP contribution in [0.1, 0.15) is 25.6 Å². The monoisotopic (exact) mass is 405 g/mol. The van der Waals surface area contributed by atoms with Gasteiger partial charge in [-0.1, -0.05) is 0 Å². The number of hydrogen-bond donors (Lipinski definition) is 3. The van der Waals surface area contributed by atoms with Crippen LogP contribution in [0.15, 0.2) is 16.9 Å². The Bertz CT molecular complexity index is 908. The van der Waals surface area contributed by atoms with Gasteiger partial charge >= 0.3 is 0 Å². The molecule has 1 fully saturated rings. The maximum atomic E-state index is 12.5. The Morgan fingerprint density at radius 2 is 2.10 bits per heavy atom. The normalized spacial score (nSPS) is 17.3. The zero-order valence-electron chi connectivity index (χ0n) is 17.2. The van der Waals surface area contributed by atoms with Gasteiger partial charge in [0.05, 0.1) is 37.8 Å². The number of amides is 1. The van der Waals surface area contributed by atoms with Gasteiger partial charge in [0.25, 0.3) is 11.5 Å². The van der Waals surface area contributed by atoms with Crippen LogP contribution in [0.25, 0.3) is 10.9 Å². The van der Waals surface area contributed by atoms with Gasteiger partial charge in [0, 0.05) is 19.2 Å². The van der Waals surface area contributed by atoms with E-state index >= 15 is 0 Å². The van der Waals surface area contributed by atoms with E-state index in [0.717, 1.165) is 30.9 Å². The van der Waals surface area contributed by atoms with Crippen molar-refractivity contribution in [3.8, 4) is 11.5 Å². The summed E-state index contributed by atoms with van der Waals surface area (Å²) >= 11 is 0. The van der Waals surface area contributed by atoms with Gasteiger partial charge in [-0.15, -0.1) is 0 Å². The largest absolute Gasteiger partial charge is 0.493 e. The van der Waals surface area contributed by atoms with Crippen LogP contribution in [0.5, 0.6) is 11.5 Å². The van der Waals surface area contributed by atoms with E-state index in [2.05, 4.69) is 15.3 Å². The first-order valence-electron chi connectivity index (χ1n) is 9.90.